The van der Waals surface area contributed by atoms with E-state index >= 15 is 0 Å². The lowest BCUT2D eigenvalue weighted by Crippen LogP contribution is -2.28. The maximum atomic E-state index is 9.08. The van der Waals surface area contributed by atoms with Crippen molar-refractivity contribution in [3.63, 3.8) is 0 Å². The maximum Gasteiger partial charge on any atom is 0.0436 e. The fraction of sp³-hybridized carbons (Fsp3) is 0.600. The van der Waals surface area contributed by atoms with Gasteiger partial charge in [-0.1, -0.05) is 35.0 Å². The molecule has 1 atom stereocenters. The molecule has 0 amide bonds. The van der Waals surface area contributed by atoms with Crippen molar-refractivity contribution in [2.24, 2.45) is 5.41 Å². The van der Waals surface area contributed by atoms with Crippen molar-refractivity contribution in [1.29, 1.82) is 0 Å². The van der Waals surface area contributed by atoms with Crippen molar-refractivity contribution >= 4 is 15.9 Å². The van der Waals surface area contributed by atoms with Crippen LogP contribution in [0.25, 0.3) is 0 Å². The van der Waals surface area contributed by atoms with Crippen molar-refractivity contribution in [3.05, 3.63) is 34.3 Å². The van der Waals surface area contributed by atoms with Crippen LogP contribution >= 0.6 is 15.9 Å². The zero-order chi connectivity index (χ0) is 13.0. The highest BCUT2D eigenvalue weighted by atomic mass is 79.9. The quantitative estimate of drug-likeness (QED) is 0.805. The van der Waals surface area contributed by atoms with Crippen LogP contribution in [0.1, 0.15) is 44.2 Å². The van der Waals surface area contributed by atoms with Crippen molar-refractivity contribution < 1.29 is 5.11 Å². The van der Waals surface area contributed by atoms with E-state index in [9.17, 15) is 0 Å². The second-order valence-corrected chi connectivity index (χ2v) is 6.28. The van der Waals surface area contributed by atoms with E-state index < -0.39 is 0 Å². The van der Waals surface area contributed by atoms with Crippen LogP contribution in [-0.4, -0.2) is 18.3 Å². The number of hydrogen-bond acceptors (Lipinski definition) is 2. The van der Waals surface area contributed by atoms with Crippen LogP contribution in [0.15, 0.2) is 28.7 Å². The molecule has 100 valence electrons. The standard InChI is InChI=1S/C15H22BrNO/c1-2-14(12-3-5-13(16)6-4-12)17-11-15(7-8-15)9-10-18/h3-6,14,17-18H,2,7-11H2,1H3. The van der Waals surface area contributed by atoms with Crippen LogP contribution < -0.4 is 5.32 Å². The first-order valence-electron chi connectivity index (χ1n) is 6.79. The van der Waals surface area contributed by atoms with E-state index in [2.05, 4.69) is 52.4 Å². The molecule has 1 aliphatic carbocycles. The fourth-order valence-electron chi connectivity index (χ4n) is 2.46. The molecular formula is C15H22BrNO. The number of rotatable bonds is 7. The summed E-state index contributed by atoms with van der Waals surface area (Å²) in [6, 6.07) is 8.98. The topological polar surface area (TPSA) is 32.3 Å². The van der Waals surface area contributed by atoms with Gasteiger partial charge < -0.3 is 10.4 Å². The molecule has 1 saturated carbocycles. The number of halogens is 1. The molecule has 0 spiro atoms. The Balaban J connectivity index is 1.91. The van der Waals surface area contributed by atoms with Crippen LogP contribution in [0.2, 0.25) is 0 Å². The van der Waals surface area contributed by atoms with E-state index in [1.165, 1.54) is 18.4 Å². The Bertz CT molecular complexity index is 373. The number of aliphatic hydroxyl groups excluding tert-OH is 1. The maximum absolute atomic E-state index is 9.08. The third-order valence-electron chi connectivity index (χ3n) is 4.00. The van der Waals surface area contributed by atoms with Gasteiger partial charge in [0.05, 0.1) is 0 Å². The fourth-order valence-corrected chi connectivity index (χ4v) is 2.73. The summed E-state index contributed by atoms with van der Waals surface area (Å²) in [4.78, 5) is 0. The molecule has 0 saturated heterocycles. The number of nitrogens with one attached hydrogen (secondary N) is 1. The van der Waals surface area contributed by atoms with Gasteiger partial charge in [-0.25, -0.2) is 0 Å². The van der Waals surface area contributed by atoms with E-state index in [1.54, 1.807) is 0 Å². The molecule has 0 heterocycles. The van der Waals surface area contributed by atoms with Crippen molar-refractivity contribution in [3.8, 4) is 0 Å². The minimum atomic E-state index is 0.316. The Hall–Kier alpha value is -0.380. The predicted octanol–water partition coefficient (Wildman–Crippen LogP) is 3.65. The van der Waals surface area contributed by atoms with Gasteiger partial charge in [-0.2, -0.15) is 0 Å². The van der Waals surface area contributed by atoms with E-state index in [4.69, 9.17) is 5.11 Å². The molecule has 0 radical (unpaired) electrons. The van der Waals surface area contributed by atoms with E-state index in [1.807, 2.05) is 0 Å². The summed E-state index contributed by atoms with van der Waals surface area (Å²) < 4.78 is 1.13. The minimum absolute atomic E-state index is 0.316. The lowest BCUT2D eigenvalue weighted by atomic mass is 10.00. The van der Waals surface area contributed by atoms with Gasteiger partial charge >= 0.3 is 0 Å². The summed E-state index contributed by atoms with van der Waals surface area (Å²) in [5, 5.41) is 12.7. The molecule has 1 fully saturated rings. The van der Waals surface area contributed by atoms with Crippen LogP contribution in [0, 0.1) is 5.41 Å². The zero-order valence-corrected chi connectivity index (χ0v) is 12.5. The summed E-state index contributed by atoms with van der Waals surface area (Å²) in [6.45, 7) is 3.56. The van der Waals surface area contributed by atoms with Crippen molar-refractivity contribution in [2.75, 3.05) is 13.2 Å². The van der Waals surface area contributed by atoms with Gasteiger partial charge in [0.2, 0.25) is 0 Å². The molecule has 2 N–H and O–H groups in total. The molecule has 2 nitrogen and oxygen atoms in total. The molecule has 1 aromatic rings. The first kappa shape index (κ1) is 14.0. The van der Waals surface area contributed by atoms with Crippen LogP contribution in [-0.2, 0) is 0 Å². The molecule has 3 heteroatoms. The van der Waals surface area contributed by atoms with Crippen LogP contribution in [0.4, 0.5) is 0 Å². The van der Waals surface area contributed by atoms with Gasteiger partial charge in [-0.15, -0.1) is 0 Å². The molecule has 18 heavy (non-hydrogen) atoms. The summed E-state index contributed by atoms with van der Waals surface area (Å²) in [5.41, 5.74) is 1.73. The molecular weight excluding hydrogens is 290 g/mol. The predicted molar refractivity (Wildman–Crippen MR) is 78.5 cm³/mol. The summed E-state index contributed by atoms with van der Waals surface area (Å²) in [7, 11) is 0. The number of aliphatic hydroxyl groups is 1. The molecule has 1 unspecified atom stereocenters. The van der Waals surface area contributed by atoms with Crippen molar-refractivity contribution in [1.82, 2.24) is 5.32 Å². The number of hydrogen-bond donors (Lipinski definition) is 2. The summed E-state index contributed by atoms with van der Waals surface area (Å²) >= 11 is 3.47. The first-order chi connectivity index (χ1) is 8.69. The molecule has 0 aliphatic heterocycles. The smallest absolute Gasteiger partial charge is 0.0436 e. The highest BCUT2D eigenvalue weighted by molar-refractivity contribution is 9.10. The third kappa shape index (κ3) is 3.56. The van der Waals surface area contributed by atoms with Gasteiger partial charge in [-0.05, 0) is 48.8 Å². The van der Waals surface area contributed by atoms with Gasteiger partial charge in [0, 0.05) is 23.7 Å². The summed E-state index contributed by atoms with van der Waals surface area (Å²) in [6.07, 6.45) is 4.56. The lowest BCUT2D eigenvalue weighted by Gasteiger charge is -2.22. The van der Waals surface area contributed by atoms with Crippen LogP contribution in [0.5, 0.6) is 0 Å². The average molecular weight is 312 g/mol. The molecule has 0 aromatic heterocycles. The monoisotopic (exact) mass is 311 g/mol. The van der Waals surface area contributed by atoms with Gasteiger partial charge in [0.25, 0.3) is 0 Å². The van der Waals surface area contributed by atoms with Gasteiger partial charge in [0.15, 0.2) is 0 Å². The highest BCUT2D eigenvalue weighted by Crippen LogP contribution is 2.48. The Labute approximate surface area is 118 Å². The van der Waals surface area contributed by atoms with Crippen molar-refractivity contribution in [2.45, 2.75) is 38.6 Å². The van der Waals surface area contributed by atoms with Gasteiger partial charge in [-0.3, -0.25) is 0 Å². The first-order valence-corrected chi connectivity index (χ1v) is 7.58. The molecule has 1 aliphatic rings. The molecule has 2 rings (SSSR count). The van der Waals surface area contributed by atoms with E-state index in [0.29, 0.717) is 18.1 Å². The van der Waals surface area contributed by atoms with E-state index in [0.717, 1.165) is 23.9 Å². The minimum Gasteiger partial charge on any atom is -0.396 e. The number of benzene rings is 1. The Morgan fingerprint density at radius 2 is 2.00 bits per heavy atom. The normalized spacial score (nSPS) is 18.6. The average Bonchev–Trinajstić information content (AvgIpc) is 3.13. The molecule has 1 aromatic carbocycles. The molecule has 0 bridgehead atoms. The largest absolute Gasteiger partial charge is 0.396 e. The summed E-state index contributed by atoms with van der Waals surface area (Å²) in [5.74, 6) is 0. The Morgan fingerprint density at radius 3 is 2.50 bits per heavy atom. The zero-order valence-electron chi connectivity index (χ0n) is 11.0. The second kappa shape index (κ2) is 6.18. The Morgan fingerprint density at radius 1 is 1.33 bits per heavy atom. The Kier molecular flexibility index (Phi) is 4.82. The van der Waals surface area contributed by atoms with E-state index in [-0.39, 0.29) is 0 Å². The third-order valence-corrected chi connectivity index (χ3v) is 4.53. The lowest BCUT2D eigenvalue weighted by molar-refractivity contribution is 0.242. The van der Waals surface area contributed by atoms with Gasteiger partial charge in [0.1, 0.15) is 0 Å². The van der Waals surface area contributed by atoms with Crippen LogP contribution in [0.3, 0.4) is 0 Å². The SMILES string of the molecule is CCC(NCC1(CCO)CC1)c1ccc(Br)cc1. The second-order valence-electron chi connectivity index (χ2n) is 5.37. The highest BCUT2D eigenvalue weighted by Gasteiger charge is 2.41.